The average Bonchev–Trinajstić information content (AvgIpc) is 3.21. The highest BCUT2D eigenvalue weighted by Gasteiger charge is 2.30. The summed E-state index contributed by atoms with van der Waals surface area (Å²) in [5, 5.41) is 0.532. The van der Waals surface area contributed by atoms with Gasteiger partial charge in [-0.05, 0) is 24.5 Å². The third kappa shape index (κ3) is 2.43. The molecule has 1 aromatic carbocycles. The molecule has 3 aromatic rings. The van der Waals surface area contributed by atoms with Crippen LogP contribution in [0.5, 0.6) is 0 Å². The average molecular weight is 339 g/mol. The van der Waals surface area contributed by atoms with Crippen LogP contribution in [0.1, 0.15) is 33.1 Å². The smallest absolute Gasteiger partial charge is 0.264 e. The maximum absolute atomic E-state index is 12.9. The quantitative estimate of drug-likeness (QED) is 0.781. The van der Waals surface area contributed by atoms with E-state index in [2.05, 4.69) is 22.1 Å². The Hall–Kier alpha value is -2.47. The van der Waals surface area contributed by atoms with Crippen LogP contribution < -0.4 is 5.56 Å². The van der Waals surface area contributed by atoms with Crippen LogP contribution in [0.25, 0.3) is 10.2 Å². The molecule has 0 radical (unpaired) electrons. The van der Waals surface area contributed by atoms with Gasteiger partial charge >= 0.3 is 0 Å². The first-order valence-electron chi connectivity index (χ1n) is 7.96. The summed E-state index contributed by atoms with van der Waals surface area (Å²) >= 11 is 1.31. The van der Waals surface area contributed by atoms with Gasteiger partial charge in [-0.1, -0.05) is 30.3 Å². The Morgan fingerprint density at radius 3 is 2.88 bits per heavy atom. The molecule has 0 aliphatic carbocycles. The number of rotatable bonds is 2. The Labute approximate surface area is 143 Å². The van der Waals surface area contributed by atoms with Gasteiger partial charge in [0.05, 0.1) is 16.6 Å². The first-order chi connectivity index (χ1) is 11.6. The zero-order chi connectivity index (χ0) is 16.7. The number of benzene rings is 1. The standard InChI is InChI=1S/C18H17N3O2S/c1-11-14-16(22)19-10-20-17(14)24-15(11)18(23)21-8-7-13(9-21)12-5-3-2-4-6-12/h2-6,10,13H,7-9H2,1H3,(H,19,20,22)/t13-/m0/s1. The first kappa shape index (κ1) is 15.1. The highest BCUT2D eigenvalue weighted by Crippen LogP contribution is 2.32. The van der Waals surface area contributed by atoms with Gasteiger partial charge in [-0.3, -0.25) is 9.59 Å². The maximum Gasteiger partial charge on any atom is 0.264 e. The molecule has 4 rings (SSSR count). The highest BCUT2D eigenvalue weighted by molar-refractivity contribution is 7.20. The fourth-order valence-electron chi connectivity index (χ4n) is 3.37. The summed E-state index contributed by atoms with van der Waals surface area (Å²) in [6.45, 7) is 3.30. The van der Waals surface area contributed by atoms with Crippen molar-refractivity contribution < 1.29 is 4.79 Å². The molecule has 1 aliphatic heterocycles. The van der Waals surface area contributed by atoms with Crippen LogP contribution in [0.4, 0.5) is 0 Å². The van der Waals surface area contributed by atoms with Crippen molar-refractivity contribution in [1.82, 2.24) is 14.9 Å². The summed E-state index contributed by atoms with van der Waals surface area (Å²) in [6.07, 6.45) is 2.36. The van der Waals surface area contributed by atoms with E-state index in [1.54, 1.807) is 0 Å². The van der Waals surface area contributed by atoms with E-state index < -0.39 is 0 Å². The van der Waals surface area contributed by atoms with Gasteiger partial charge in [0.25, 0.3) is 11.5 Å². The van der Waals surface area contributed by atoms with Crippen molar-refractivity contribution in [3.05, 3.63) is 63.0 Å². The normalized spacial score (nSPS) is 17.5. The minimum Gasteiger partial charge on any atom is -0.337 e. The molecule has 1 fully saturated rings. The van der Waals surface area contributed by atoms with Crippen molar-refractivity contribution in [2.75, 3.05) is 13.1 Å². The number of aromatic amines is 1. The number of thiophene rings is 1. The summed E-state index contributed by atoms with van der Waals surface area (Å²) in [5.41, 5.74) is 1.83. The monoisotopic (exact) mass is 339 g/mol. The van der Waals surface area contributed by atoms with Crippen LogP contribution in [-0.4, -0.2) is 33.9 Å². The number of hydrogen-bond donors (Lipinski definition) is 1. The van der Waals surface area contributed by atoms with Gasteiger partial charge in [-0.15, -0.1) is 11.3 Å². The molecule has 1 N–H and O–H groups in total. The molecular formula is C18H17N3O2S. The minimum atomic E-state index is -0.184. The molecule has 5 nitrogen and oxygen atoms in total. The number of fused-ring (bicyclic) bond motifs is 1. The van der Waals surface area contributed by atoms with Gasteiger partial charge in [0.2, 0.25) is 0 Å². The highest BCUT2D eigenvalue weighted by atomic mass is 32.1. The summed E-state index contributed by atoms with van der Waals surface area (Å²) in [7, 11) is 0. The van der Waals surface area contributed by atoms with Crippen molar-refractivity contribution in [1.29, 1.82) is 0 Å². The fourth-order valence-corrected chi connectivity index (χ4v) is 4.49. The predicted octanol–water partition coefficient (Wildman–Crippen LogP) is 2.92. The number of amides is 1. The molecule has 24 heavy (non-hydrogen) atoms. The van der Waals surface area contributed by atoms with E-state index >= 15 is 0 Å². The Morgan fingerprint density at radius 2 is 2.12 bits per heavy atom. The largest absolute Gasteiger partial charge is 0.337 e. The Morgan fingerprint density at radius 1 is 1.33 bits per heavy atom. The van der Waals surface area contributed by atoms with E-state index in [-0.39, 0.29) is 11.5 Å². The molecule has 1 atom stereocenters. The predicted molar refractivity (Wildman–Crippen MR) is 94.7 cm³/mol. The van der Waals surface area contributed by atoms with Gasteiger partial charge in [-0.25, -0.2) is 4.98 Å². The molecule has 0 saturated carbocycles. The van der Waals surface area contributed by atoms with Crippen LogP contribution in [0.15, 0.2) is 41.5 Å². The molecule has 3 heterocycles. The van der Waals surface area contributed by atoms with Crippen LogP contribution in [0, 0.1) is 6.92 Å². The number of likely N-dealkylation sites (tertiary alicyclic amines) is 1. The number of H-pyrrole nitrogens is 1. The number of aromatic nitrogens is 2. The van der Waals surface area contributed by atoms with Crippen molar-refractivity contribution in [3.63, 3.8) is 0 Å². The topological polar surface area (TPSA) is 66.1 Å². The maximum atomic E-state index is 12.9. The van der Waals surface area contributed by atoms with Gasteiger partial charge in [0.15, 0.2) is 0 Å². The van der Waals surface area contributed by atoms with Gasteiger partial charge in [0.1, 0.15) is 4.83 Å². The molecule has 1 aliphatic rings. The second-order valence-corrected chi connectivity index (χ2v) is 7.11. The summed E-state index contributed by atoms with van der Waals surface area (Å²) in [6, 6.07) is 10.3. The molecule has 6 heteroatoms. The zero-order valence-corrected chi connectivity index (χ0v) is 14.1. The number of carbonyl (C=O) groups is 1. The Balaban J connectivity index is 1.62. The van der Waals surface area contributed by atoms with E-state index in [4.69, 9.17) is 0 Å². The van der Waals surface area contributed by atoms with E-state index in [9.17, 15) is 9.59 Å². The minimum absolute atomic E-state index is 0.00771. The number of carbonyl (C=O) groups excluding carboxylic acids is 1. The summed E-state index contributed by atoms with van der Waals surface area (Å²) in [5.74, 6) is 0.389. The van der Waals surface area contributed by atoms with E-state index in [0.717, 1.165) is 25.1 Å². The van der Waals surface area contributed by atoms with Crippen LogP contribution in [-0.2, 0) is 0 Å². The molecule has 1 amide bonds. The number of aryl methyl sites for hydroxylation is 1. The van der Waals surface area contributed by atoms with Gasteiger partial charge < -0.3 is 9.88 Å². The summed E-state index contributed by atoms with van der Waals surface area (Å²) in [4.78, 5) is 34.8. The van der Waals surface area contributed by atoms with Crippen LogP contribution >= 0.6 is 11.3 Å². The molecule has 2 aromatic heterocycles. The molecular weight excluding hydrogens is 322 g/mol. The molecule has 1 saturated heterocycles. The lowest BCUT2D eigenvalue weighted by atomic mass is 9.99. The number of hydrogen-bond acceptors (Lipinski definition) is 4. The fraction of sp³-hybridized carbons (Fsp3) is 0.278. The van der Waals surface area contributed by atoms with Crippen molar-refractivity contribution in [3.8, 4) is 0 Å². The zero-order valence-electron chi connectivity index (χ0n) is 13.3. The van der Waals surface area contributed by atoms with E-state index in [1.807, 2.05) is 30.0 Å². The number of nitrogens with zero attached hydrogens (tertiary/aromatic N) is 2. The molecule has 0 unspecified atom stereocenters. The van der Waals surface area contributed by atoms with E-state index in [0.29, 0.717) is 21.0 Å². The molecule has 122 valence electrons. The Bertz CT molecular complexity index is 961. The van der Waals surface area contributed by atoms with Crippen molar-refractivity contribution >= 4 is 27.5 Å². The Kier molecular flexibility index (Phi) is 3.69. The lowest BCUT2D eigenvalue weighted by molar-refractivity contribution is 0.0795. The lowest BCUT2D eigenvalue weighted by Gasteiger charge is -2.16. The van der Waals surface area contributed by atoms with Crippen molar-refractivity contribution in [2.24, 2.45) is 0 Å². The molecule has 0 spiro atoms. The van der Waals surface area contributed by atoms with E-state index in [1.165, 1.54) is 23.2 Å². The lowest BCUT2D eigenvalue weighted by Crippen LogP contribution is -2.28. The first-order valence-corrected chi connectivity index (χ1v) is 8.78. The summed E-state index contributed by atoms with van der Waals surface area (Å²) < 4.78 is 0. The van der Waals surface area contributed by atoms with Crippen LogP contribution in [0.3, 0.4) is 0 Å². The van der Waals surface area contributed by atoms with Gasteiger partial charge in [-0.2, -0.15) is 0 Å². The van der Waals surface area contributed by atoms with Crippen molar-refractivity contribution in [2.45, 2.75) is 19.3 Å². The molecule has 0 bridgehead atoms. The number of nitrogens with one attached hydrogen (secondary N) is 1. The third-order valence-electron chi connectivity index (χ3n) is 4.67. The second-order valence-electron chi connectivity index (χ2n) is 6.12. The third-order valence-corrected chi connectivity index (χ3v) is 5.86. The van der Waals surface area contributed by atoms with Crippen LogP contribution in [0.2, 0.25) is 0 Å². The SMILES string of the molecule is Cc1c(C(=O)N2CC[C@H](c3ccccc3)C2)sc2nc[nH]c(=O)c12. The second kappa shape index (κ2) is 5.87. The van der Waals surface area contributed by atoms with Gasteiger partial charge in [0, 0.05) is 19.0 Å².